The molecule has 19 heavy (non-hydrogen) atoms. The van der Waals surface area contributed by atoms with Crippen molar-refractivity contribution in [2.24, 2.45) is 11.7 Å². The van der Waals surface area contributed by atoms with Crippen molar-refractivity contribution >= 4 is 29.0 Å². The Balaban J connectivity index is 1.96. The first-order valence-corrected chi connectivity index (χ1v) is 8.88. The Morgan fingerprint density at radius 3 is 3.00 bits per heavy atom. The highest BCUT2D eigenvalue weighted by molar-refractivity contribution is 7.99. The van der Waals surface area contributed by atoms with Gasteiger partial charge in [-0.05, 0) is 31.6 Å². The second-order valence-electron chi connectivity index (χ2n) is 5.87. The van der Waals surface area contributed by atoms with E-state index in [0.29, 0.717) is 16.9 Å². The molecule has 1 spiro atoms. The average molecular weight is 303 g/mol. The molecule has 3 nitrogen and oxygen atoms in total. The van der Waals surface area contributed by atoms with Crippen LogP contribution in [0.5, 0.6) is 0 Å². The predicted molar refractivity (Wildman–Crippen MR) is 86.8 cm³/mol. The third-order valence-electron chi connectivity index (χ3n) is 4.45. The van der Waals surface area contributed by atoms with E-state index in [4.69, 9.17) is 22.7 Å². The van der Waals surface area contributed by atoms with Gasteiger partial charge in [0.05, 0.1) is 10.6 Å². The van der Waals surface area contributed by atoms with Crippen molar-refractivity contribution in [2.45, 2.75) is 44.8 Å². The van der Waals surface area contributed by atoms with E-state index < -0.39 is 0 Å². The fraction of sp³-hybridized carbons (Fsp3) is 0.929. The molecule has 0 radical (unpaired) electrons. The van der Waals surface area contributed by atoms with E-state index in [9.17, 15) is 0 Å². The Bertz CT molecular complexity index is 319. The molecular formula is C14H26N2OS2. The van der Waals surface area contributed by atoms with Crippen LogP contribution in [-0.4, -0.2) is 52.7 Å². The summed E-state index contributed by atoms with van der Waals surface area (Å²) >= 11 is 7.15. The van der Waals surface area contributed by atoms with Gasteiger partial charge in [0.15, 0.2) is 0 Å². The molecule has 2 N–H and O–H groups in total. The summed E-state index contributed by atoms with van der Waals surface area (Å²) in [7, 11) is 0. The zero-order chi connectivity index (χ0) is 13.9. The Kier molecular flexibility index (Phi) is 5.52. The molecule has 0 aromatic rings. The van der Waals surface area contributed by atoms with Gasteiger partial charge in [-0.1, -0.05) is 26.1 Å². The van der Waals surface area contributed by atoms with Crippen LogP contribution >= 0.6 is 24.0 Å². The van der Waals surface area contributed by atoms with Crippen molar-refractivity contribution in [1.82, 2.24) is 4.90 Å². The first-order valence-electron chi connectivity index (χ1n) is 7.31. The van der Waals surface area contributed by atoms with Crippen LogP contribution in [0.3, 0.4) is 0 Å². The number of hydrogen-bond acceptors (Lipinski definition) is 4. The van der Waals surface area contributed by atoms with Gasteiger partial charge in [0.1, 0.15) is 0 Å². The van der Waals surface area contributed by atoms with Crippen molar-refractivity contribution < 1.29 is 4.74 Å². The monoisotopic (exact) mass is 302 g/mol. The minimum Gasteiger partial charge on any atom is -0.393 e. The molecule has 2 heterocycles. The normalized spacial score (nSPS) is 32.9. The lowest BCUT2D eigenvalue weighted by Gasteiger charge is -2.43. The van der Waals surface area contributed by atoms with Crippen LogP contribution < -0.4 is 5.73 Å². The van der Waals surface area contributed by atoms with Gasteiger partial charge in [0, 0.05) is 30.9 Å². The van der Waals surface area contributed by atoms with Crippen LogP contribution in [0.2, 0.25) is 0 Å². The number of rotatable bonds is 5. The quantitative estimate of drug-likeness (QED) is 0.789. The summed E-state index contributed by atoms with van der Waals surface area (Å²) < 4.78 is 6.11. The highest BCUT2D eigenvalue weighted by Gasteiger charge is 2.41. The second-order valence-corrected chi connectivity index (χ2v) is 7.45. The molecule has 3 unspecified atom stereocenters. The maximum absolute atomic E-state index is 6.11. The van der Waals surface area contributed by atoms with Crippen molar-refractivity contribution in [3.63, 3.8) is 0 Å². The van der Waals surface area contributed by atoms with Crippen LogP contribution in [0.15, 0.2) is 0 Å². The fourth-order valence-electron chi connectivity index (χ4n) is 3.15. The molecule has 0 aliphatic carbocycles. The molecule has 3 atom stereocenters. The van der Waals surface area contributed by atoms with Gasteiger partial charge in [0.25, 0.3) is 0 Å². The molecule has 2 saturated heterocycles. The standard InChI is InChI=1S/C14H26N2OS2/c1-3-16(9-11(2)13(15)18)12-4-6-17-14(8-12)5-7-19-10-14/h11-12H,3-10H2,1-2H3,(H2,15,18). The summed E-state index contributed by atoms with van der Waals surface area (Å²) in [6.45, 7) is 7.33. The van der Waals surface area contributed by atoms with E-state index in [1.54, 1.807) is 0 Å². The molecular weight excluding hydrogens is 276 g/mol. The van der Waals surface area contributed by atoms with Crippen molar-refractivity contribution in [2.75, 3.05) is 31.2 Å². The Labute approximate surface area is 126 Å². The molecule has 2 aliphatic rings. The molecule has 0 bridgehead atoms. The first-order chi connectivity index (χ1) is 9.06. The molecule has 5 heteroatoms. The molecule has 0 saturated carbocycles. The lowest BCUT2D eigenvalue weighted by Crippen LogP contribution is -2.50. The zero-order valence-electron chi connectivity index (χ0n) is 12.1. The predicted octanol–water partition coefficient (Wildman–Crippen LogP) is 2.29. The van der Waals surface area contributed by atoms with Crippen molar-refractivity contribution in [1.29, 1.82) is 0 Å². The maximum atomic E-state index is 6.11. The summed E-state index contributed by atoms with van der Waals surface area (Å²) in [5.41, 5.74) is 5.92. The van der Waals surface area contributed by atoms with E-state index in [1.165, 1.54) is 24.3 Å². The largest absolute Gasteiger partial charge is 0.393 e. The molecule has 2 fully saturated rings. The van der Waals surface area contributed by atoms with Gasteiger partial charge < -0.3 is 10.5 Å². The number of ether oxygens (including phenoxy) is 1. The van der Waals surface area contributed by atoms with Crippen LogP contribution in [-0.2, 0) is 4.74 Å². The molecule has 110 valence electrons. The number of thioether (sulfide) groups is 1. The smallest absolute Gasteiger partial charge is 0.0795 e. The lowest BCUT2D eigenvalue weighted by molar-refractivity contribution is -0.0895. The second kappa shape index (κ2) is 6.74. The summed E-state index contributed by atoms with van der Waals surface area (Å²) in [6.07, 6.45) is 3.54. The third-order valence-corrected chi connectivity index (χ3v) is 6.08. The summed E-state index contributed by atoms with van der Waals surface area (Å²) in [5.74, 6) is 2.72. The Morgan fingerprint density at radius 2 is 2.42 bits per heavy atom. The lowest BCUT2D eigenvalue weighted by atomic mass is 9.88. The molecule has 0 aromatic carbocycles. The summed E-state index contributed by atoms with van der Waals surface area (Å²) in [6, 6.07) is 0.634. The number of hydrogen-bond donors (Lipinski definition) is 1. The molecule has 0 aromatic heterocycles. The summed E-state index contributed by atoms with van der Waals surface area (Å²) in [5, 5.41) is 0. The summed E-state index contributed by atoms with van der Waals surface area (Å²) in [4.78, 5) is 3.19. The van der Waals surface area contributed by atoms with Crippen LogP contribution in [0, 0.1) is 5.92 Å². The van der Waals surface area contributed by atoms with E-state index in [2.05, 4.69) is 18.7 Å². The minimum absolute atomic E-state index is 0.160. The van der Waals surface area contributed by atoms with Gasteiger partial charge in [0.2, 0.25) is 0 Å². The van der Waals surface area contributed by atoms with Gasteiger partial charge in [-0.3, -0.25) is 4.90 Å². The van der Waals surface area contributed by atoms with E-state index in [0.717, 1.165) is 26.1 Å². The molecule has 2 aliphatic heterocycles. The number of nitrogens with zero attached hydrogens (tertiary/aromatic N) is 1. The topological polar surface area (TPSA) is 38.5 Å². The Hall–Kier alpha value is 0.160. The SMILES string of the molecule is CCN(CC(C)C(N)=S)C1CCOC2(CCSC2)C1. The third kappa shape index (κ3) is 3.84. The fourth-order valence-corrected chi connectivity index (χ4v) is 4.61. The van der Waals surface area contributed by atoms with E-state index in [-0.39, 0.29) is 5.60 Å². The van der Waals surface area contributed by atoms with Crippen LogP contribution in [0.1, 0.15) is 33.1 Å². The number of nitrogens with two attached hydrogens (primary N) is 1. The zero-order valence-corrected chi connectivity index (χ0v) is 13.7. The Morgan fingerprint density at radius 1 is 1.63 bits per heavy atom. The maximum Gasteiger partial charge on any atom is 0.0795 e. The van der Waals surface area contributed by atoms with Gasteiger partial charge in [-0.25, -0.2) is 0 Å². The van der Waals surface area contributed by atoms with Gasteiger partial charge in [-0.2, -0.15) is 11.8 Å². The van der Waals surface area contributed by atoms with Crippen molar-refractivity contribution in [3.05, 3.63) is 0 Å². The minimum atomic E-state index is 0.160. The van der Waals surface area contributed by atoms with Crippen molar-refractivity contribution in [3.8, 4) is 0 Å². The van der Waals surface area contributed by atoms with Gasteiger partial charge in [-0.15, -0.1) is 0 Å². The highest BCUT2D eigenvalue weighted by atomic mass is 32.2. The molecule has 0 amide bonds. The van der Waals surface area contributed by atoms with E-state index >= 15 is 0 Å². The van der Waals surface area contributed by atoms with Crippen LogP contribution in [0.4, 0.5) is 0 Å². The number of thiocarbonyl (C=S) groups is 1. The average Bonchev–Trinajstić information content (AvgIpc) is 2.83. The molecule has 2 rings (SSSR count). The highest BCUT2D eigenvalue weighted by Crippen LogP contribution is 2.39. The van der Waals surface area contributed by atoms with Gasteiger partial charge >= 0.3 is 0 Å². The van der Waals surface area contributed by atoms with Crippen LogP contribution in [0.25, 0.3) is 0 Å². The van der Waals surface area contributed by atoms with E-state index in [1.807, 2.05) is 11.8 Å². The first kappa shape index (κ1) is 15.5.